The molecule has 1 atom stereocenters. The lowest BCUT2D eigenvalue weighted by Gasteiger charge is -2.13. The Morgan fingerprint density at radius 2 is 1.95 bits per heavy atom. The summed E-state index contributed by atoms with van der Waals surface area (Å²) in [6, 6.07) is 11.9. The van der Waals surface area contributed by atoms with E-state index in [0.717, 1.165) is 27.0 Å². The van der Waals surface area contributed by atoms with Crippen molar-refractivity contribution in [2.45, 2.75) is 19.2 Å². The molecule has 0 aliphatic carbocycles. The zero-order valence-corrected chi connectivity index (χ0v) is 14.7. The molecule has 1 aromatic heterocycles. The van der Waals surface area contributed by atoms with Gasteiger partial charge in [0.1, 0.15) is 5.82 Å². The second kappa shape index (κ2) is 5.64. The number of hydrogen-bond donors (Lipinski definition) is 0. The number of halogens is 3. The minimum absolute atomic E-state index is 0.215. The molecule has 0 aliphatic rings. The summed E-state index contributed by atoms with van der Waals surface area (Å²) < 4.78 is 3.00. The van der Waals surface area contributed by atoms with Gasteiger partial charge in [-0.15, -0.1) is 11.6 Å². The van der Waals surface area contributed by atoms with Gasteiger partial charge in [0.15, 0.2) is 0 Å². The van der Waals surface area contributed by atoms with Crippen molar-refractivity contribution in [3.05, 3.63) is 57.3 Å². The second-order valence-electron chi connectivity index (χ2n) is 5.01. The summed E-state index contributed by atoms with van der Waals surface area (Å²) in [4.78, 5) is 4.66. The monoisotopic (exact) mass is 382 g/mol. The standard InChI is InChI=1S/C16H13BrCl2N2/c1-9-3-6-13-15(7-9)21(16(20-13)10(2)18)14-8-11(17)4-5-12(14)19/h3-8,10H,1-2H3. The largest absolute Gasteiger partial charge is 0.293 e. The number of nitrogens with zero attached hydrogens (tertiary/aromatic N) is 2. The number of rotatable bonds is 2. The van der Waals surface area contributed by atoms with E-state index in [1.165, 1.54) is 5.56 Å². The van der Waals surface area contributed by atoms with Gasteiger partial charge in [-0.3, -0.25) is 4.57 Å². The Morgan fingerprint density at radius 3 is 2.67 bits per heavy atom. The van der Waals surface area contributed by atoms with Crippen LogP contribution in [-0.2, 0) is 0 Å². The summed E-state index contributed by atoms with van der Waals surface area (Å²) in [6.45, 7) is 3.97. The fraction of sp³-hybridized carbons (Fsp3) is 0.188. The van der Waals surface area contributed by atoms with Crippen molar-refractivity contribution in [2.24, 2.45) is 0 Å². The van der Waals surface area contributed by atoms with Crippen molar-refractivity contribution >= 4 is 50.2 Å². The van der Waals surface area contributed by atoms with Gasteiger partial charge in [0, 0.05) is 4.47 Å². The molecule has 0 spiro atoms. The lowest BCUT2D eigenvalue weighted by molar-refractivity contribution is 0.882. The number of benzene rings is 2. The van der Waals surface area contributed by atoms with E-state index < -0.39 is 0 Å². The third kappa shape index (κ3) is 2.70. The van der Waals surface area contributed by atoms with Gasteiger partial charge in [0.05, 0.1) is 27.1 Å². The molecular weight excluding hydrogens is 371 g/mol. The number of alkyl halides is 1. The van der Waals surface area contributed by atoms with Gasteiger partial charge in [-0.2, -0.15) is 0 Å². The molecule has 0 saturated heterocycles. The van der Waals surface area contributed by atoms with Gasteiger partial charge in [0.25, 0.3) is 0 Å². The number of aryl methyl sites for hydroxylation is 1. The smallest absolute Gasteiger partial charge is 0.132 e. The highest BCUT2D eigenvalue weighted by atomic mass is 79.9. The second-order valence-corrected chi connectivity index (χ2v) is 6.99. The highest BCUT2D eigenvalue weighted by Gasteiger charge is 2.18. The molecular formula is C16H13BrCl2N2. The molecule has 108 valence electrons. The minimum atomic E-state index is -0.215. The van der Waals surface area contributed by atoms with Gasteiger partial charge in [-0.1, -0.05) is 33.6 Å². The molecule has 0 aliphatic heterocycles. The van der Waals surface area contributed by atoms with Gasteiger partial charge in [-0.25, -0.2) is 4.98 Å². The molecule has 3 aromatic rings. The van der Waals surface area contributed by atoms with Gasteiger partial charge >= 0.3 is 0 Å². The molecule has 1 heterocycles. The van der Waals surface area contributed by atoms with Crippen molar-refractivity contribution in [2.75, 3.05) is 0 Å². The van der Waals surface area contributed by atoms with Crippen LogP contribution in [0.25, 0.3) is 16.7 Å². The van der Waals surface area contributed by atoms with E-state index >= 15 is 0 Å². The Kier molecular flexibility index (Phi) is 4.00. The molecule has 0 fully saturated rings. The summed E-state index contributed by atoms with van der Waals surface area (Å²) in [7, 11) is 0. The maximum atomic E-state index is 6.39. The quantitative estimate of drug-likeness (QED) is 0.492. The van der Waals surface area contributed by atoms with E-state index in [0.29, 0.717) is 5.02 Å². The Hall–Kier alpha value is -1.03. The van der Waals surface area contributed by atoms with Crippen LogP contribution in [0, 0.1) is 6.92 Å². The zero-order chi connectivity index (χ0) is 15.1. The number of fused-ring (bicyclic) bond motifs is 1. The Balaban J connectivity index is 2.41. The van der Waals surface area contributed by atoms with E-state index in [-0.39, 0.29) is 5.38 Å². The molecule has 3 rings (SSSR count). The van der Waals surface area contributed by atoms with E-state index in [1.807, 2.05) is 41.8 Å². The first-order chi connectivity index (χ1) is 9.97. The highest BCUT2D eigenvalue weighted by molar-refractivity contribution is 9.10. The Labute approximate surface area is 141 Å². The van der Waals surface area contributed by atoms with E-state index in [4.69, 9.17) is 23.2 Å². The van der Waals surface area contributed by atoms with Crippen LogP contribution >= 0.6 is 39.1 Å². The summed E-state index contributed by atoms with van der Waals surface area (Å²) in [5.74, 6) is 0.789. The van der Waals surface area contributed by atoms with Gasteiger partial charge in [0.2, 0.25) is 0 Å². The molecule has 0 bridgehead atoms. The minimum Gasteiger partial charge on any atom is -0.293 e. The third-order valence-corrected chi connectivity index (χ3v) is 4.35. The number of aromatic nitrogens is 2. The lowest BCUT2D eigenvalue weighted by atomic mass is 10.2. The van der Waals surface area contributed by atoms with Crippen LogP contribution in [0.1, 0.15) is 23.7 Å². The predicted octanol–water partition coefficient (Wildman–Crippen LogP) is 6.05. The normalized spacial score (nSPS) is 12.8. The summed E-state index contributed by atoms with van der Waals surface area (Å²) in [5, 5.41) is 0.449. The van der Waals surface area contributed by atoms with Crippen LogP contribution in [0.3, 0.4) is 0 Å². The Morgan fingerprint density at radius 1 is 1.19 bits per heavy atom. The average molecular weight is 384 g/mol. The molecule has 1 unspecified atom stereocenters. The topological polar surface area (TPSA) is 17.8 Å². The summed E-state index contributed by atoms with van der Waals surface area (Å²) in [6.07, 6.45) is 0. The van der Waals surface area contributed by atoms with E-state index in [9.17, 15) is 0 Å². The van der Waals surface area contributed by atoms with Gasteiger partial charge in [-0.05, 0) is 49.7 Å². The zero-order valence-electron chi connectivity index (χ0n) is 11.6. The van der Waals surface area contributed by atoms with Crippen LogP contribution in [0.4, 0.5) is 0 Å². The molecule has 0 amide bonds. The van der Waals surface area contributed by atoms with Crippen molar-refractivity contribution in [1.29, 1.82) is 0 Å². The van der Waals surface area contributed by atoms with Crippen molar-refractivity contribution in [1.82, 2.24) is 9.55 Å². The van der Waals surface area contributed by atoms with Crippen molar-refractivity contribution < 1.29 is 0 Å². The van der Waals surface area contributed by atoms with E-state index in [1.54, 1.807) is 0 Å². The fourth-order valence-electron chi connectivity index (χ4n) is 2.38. The molecule has 0 saturated carbocycles. The lowest BCUT2D eigenvalue weighted by Crippen LogP contribution is -2.02. The first-order valence-electron chi connectivity index (χ1n) is 6.56. The summed E-state index contributed by atoms with van der Waals surface area (Å²) in [5.41, 5.74) is 3.97. The molecule has 2 aromatic carbocycles. The van der Waals surface area contributed by atoms with Crippen molar-refractivity contribution in [3.8, 4) is 5.69 Å². The van der Waals surface area contributed by atoms with Crippen LogP contribution in [0.5, 0.6) is 0 Å². The predicted molar refractivity (Wildman–Crippen MR) is 92.8 cm³/mol. The Bertz CT molecular complexity index is 825. The SMILES string of the molecule is Cc1ccc2nc(C(C)Cl)n(-c3cc(Br)ccc3Cl)c2c1. The molecule has 0 N–H and O–H groups in total. The van der Waals surface area contributed by atoms with Gasteiger partial charge < -0.3 is 0 Å². The van der Waals surface area contributed by atoms with Crippen LogP contribution < -0.4 is 0 Å². The first-order valence-corrected chi connectivity index (χ1v) is 8.16. The fourth-order valence-corrected chi connectivity index (χ4v) is 3.08. The van der Waals surface area contributed by atoms with Crippen LogP contribution in [-0.4, -0.2) is 9.55 Å². The first kappa shape index (κ1) is 14.9. The summed E-state index contributed by atoms with van der Waals surface area (Å²) >= 11 is 16.2. The maximum absolute atomic E-state index is 6.39. The number of imidazole rings is 1. The van der Waals surface area contributed by atoms with Crippen LogP contribution in [0.2, 0.25) is 5.02 Å². The van der Waals surface area contributed by atoms with Crippen LogP contribution in [0.15, 0.2) is 40.9 Å². The molecule has 0 radical (unpaired) electrons. The highest BCUT2D eigenvalue weighted by Crippen LogP contribution is 2.33. The van der Waals surface area contributed by atoms with E-state index in [2.05, 4.69) is 33.9 Å². The van der Waals surface area contributed by atoms with Crippen molar-refractivity contribution in [3.63, 3.8) is 0 Å². The third-order valence-electron chi connectivity index (χ3n) is 3.34. The number of hydrogen-bond acceptors (Lipinski definition) is 1. The molecule has 5 heteroatoms. The maximum Gasteiger partial charge on any atom is 0.132 e. The average Bonchev–Trinajstić information content (AvgIpc) is 2.80. The molecule has 21 heavy (non-hydrogen) atoms. The molecule has 2 nitrogen and oxygen atoms in total.